The van der Waals surface area contributed by atoms with Gasteiger partial charge in [-0.2, -0.15) is 0 Å². The lowest BCUT2D eigenvalue weighted by Gasteiger charge is -2.40. The van der Waals surface area contributed by atoms with Crippen molar-refractivity contribution in [3.8, 4) is 10.7 Å². The normalized spacial score (nSPS) is 16.7. The minimum atomic E-state index is -0.0627. The van der Waals surface area contributed by atoms with Crippen LogP contribution in [0.3, 0.4) is 0 Å². The third kappa shape index (κ3) is 3.40. The first-order valence-electron chi connectivity index (χ1n) is 10.3. The second-order valence-electron chi connectivity index (χ2n) is 7.55. The summed E-state index contributed by atoms with van der Waals surface area (Å²) in [5, 5.41) is 14.9. The number of piperazine rings is 1. The Kier molecular flexibility index (Phi) is 5.03. The van der Waals surface area contributed by atoms with E-state index in [-0.39, 0.29) is 12.1 Å². The molecule has 8 nitrogen and oxygen atoms in total. The number of nitrogens with one attached hydrogen (secondary N) is 1. The van der Waals surface area contributed by atoms with Crippen LogP contribution in [-0.2, 0) is 0 Å². The number of hydrogen-bond donors (Lipinski definition) is 1. The Morgan fingerprint density at radius 2 is 2.13 bits per heavy atom. The van der Waals surface area contributed by atoms with Crippen molar-refractivity contribution in [2.45, 2.75) is 13.0 Å². The van der Waals surface area contributed by atoms with E-state index < -0.39 is 0 Å². The number of aromatic nitrogens is 4. The number of thiophene rings is 1. The Hall–Kier alpha value is -3.46. The van der Waals surface area contributed by atoms with Crippen LogP contribution >= 0.6 is 11.3 Å². The zero-order valence-corrected chi connectivity index (χ0v) is 18.0. The van der Waals surface area contributed by atoms with E-state index in [1.54, 1.807) is 17.4 Å². The second kappa shape index (κ2) is 7.99. The van der Waals surface area contributed by atoms with Gasteiger partial charge in [0.05, 0.1) is 10.4 Å². The number of benzene rings is 1. The van der Waals surface area contributed by atoms with Crippen LogP contribution in [0.1, 0.15) is 6.92 Å². The molecule has 0 bridgehead atoms. The number of rotatable bonds is 4. The summed E-state index contributed by atoms with van der Waals surface area (Å²) < 4.78 is 2.05. The molecule has 0 radical (unpaired) electrons. The molecule has 1 N–H and O–H groups in total. The number of fused-ring (bicyclic) bond motifs is 3. The number of hydrogen-bond acceptors (Lipinski definition) is 6. The van der Waals surface area contributed by atoms with E-state index >= 15 is 0 Å². The molecule has 2 amide bonds. The Bertz CT molecular complexity index is 1250. The van der Waals surface area contributed by atoms with Crippen LogP contribution in [0.4, 0.5) is 10.7 Å². The summed E-state index contributed by atoms with van der Waals surface area (Å²) in [6.07, 6.45) is 1.69. The molecule has 31 heavy (non-hydrogen) atoms. The molecule has 4 heterocycles. The number of amides is 2. The number of carbonyl (C=O) groups is 1. The molecule has 9 heteroatoms. The molecule has 1 atom stereocenters. The number of carbonyl (C=O) groups excluding carboxylic acids is 1. The number of urea groups is 1. The SMILES string of the molecule is C=CCNC(=O)N1CCN(c2nc3ccccc3c3nnc(-c4cccs4)n23)C[C@H]1C. The van der Waals surface area contributed by atoms with E-state index in [0.717, 1.165) is 33.2 Å². The van der Waals surface area contributed by atoms with E-state index in [0.29, 0.717) is 26.2 Å². The molecule has 5 rings (SSSR count). The van der Waals surface area contributed by atoms with E-state index in [4.69, 9.17) is 4.98 Å². The van der Waals surface area contributed by atoms with Crippen molar-refractivity contribution in [2.75, 3.05) is 31.1 Å². The van der Waals surface area contributed by atoms with Gasteiger partial charge in [-0.25, -0.2) is 14.2 Å². The Labute approximate surface area is 183 Å². The third-order valence-electron chi connectivity index (χ3n) is 5.54. The highest BCUT2D eigenvalue weighted by Crippen LogP contribution is 2.31. The van der Waals surface area contributed by atoms with Crippen LogP contribution in [0.5, 0.6) is 0 Å². The zero-order valence-electron chi connectivity index (χ0n) is 17.2. The maximum atomic E-state index is 12.5. The predicted molar refractivity (Wildman–Crippen MR) is 124 cm³/mol. The molecule has 3 aromatic heterocycles. The lowest BCUT2D eigenvalue weighted by molar-refractivity contribution is 0.172. The van der Waals surface area contributed by atoms with Gasteiger partial charge in [0.2, 0.25) is 5.95 Å². The van der Waals surface area contributed by atoms with Gasteiger partial charge in [0, 0.05) is 37.6 Å². The number of nitrogens with zero attached hydrogens (tertiary/aromatic N) is 6. The molecule has 0 unspecified atom stereocenters. The van der Waals surface area contributed by atoms with Gasteiger partial charge in [-0.1, -0.05) is 24.3 Å². The fourth-order valence-corrected chi connectivity index (χ4v) is 4.74. The van der Waals surface area contributed by atoms with Crippen LogP contribution in [0.2, 0.25) is 0 Å². The monoisotopic (exact) mass is 433 g/mol. The molecule has 158 valence electrons. The van der Waals surface area contributed by atoms with Crippen LogP contribution in [0.15, 0.2) is 54.4 Å². The molecule has 0 aliphatic carbocycles. The molecule has 0 saturated carbocycles. The largest absolute Gasteiger partial charge is 0.338 e. The summed E-state index contributed by atoms with van der Waals surface area (Å²) in [6, 6.07) is 12.0. The summed E-state index contributed by atoms with van der Waals surface area (Å²) in [5.74, 6) is 1.59. The Morgan fingerprint density at radius 1 is 1.26 bits per heavy atom. The molecular formula is C22H23N7OS. The Morgan fingerprint density at radius 3 is 2.90 bits per heavy atom. The van der Waals surface area contributed by atoms with Crippen LogP contribution in [0.25, 0.3) is 27.3 Å². The lowest BCUT2D eigenvalue weighted by atomic mass is 10.2. The quantitative estimate of drug-likeness (QED) is 0.499. The standard InChI is InChI=1S/C22H23N7OS/c1-3-10-23-22(30)28-12-11-27(14-15(28)2)21-24-17-8-5-4-7-16(17)19-25-26-20(29(19)21)18-9-6-13-31-18/h3-9,13,15H,1,10-12,14H2,2H3,(H,23,30)/t15-/m1/s1. The van der Waals surface area contributed by atoms with Crippen molar-refractivity contribution in [2.24, 2.45) is 0 Å². The van der Waals surface area contributed by atoms with Gasteiger partial charge in [-0.15, -0.1) is 28.1 Å². The molecule has 1 aliphatic rings. The first-order valence-corrected chi connectivity index (χ1v) is 11.1. The van der Waals surface area contributed by atoms with Gasteiger partial charge < -0.3 is 15.1 Å². The van der Waals surface area contributed by atoms with Crippen molar-refractivity contribution in [1.29, 1.82) is 0 Å². The second-order valence-corrected chi connectivity index (χ2v) is 8.50. The van der Waals surface area contributed by atoms with Crippen molar-refractivity contribution < 1.29 is 4.79 Å². The summed E-state index contributed by atoms with van der Waals surface area (Å²) in [7, 11) is 0. The third-order valence-corrected chi connectivity index (χ3v) is 6.40. The Balaban J connectivity index is 1.57. The molecule has 1 aromatic carbocycles. The molecular weight excluding hydrogens is 410 g/mol. The lowest BCUT2D eigenvalue weighted by Crippen LogP contribution is -2.57. The summed E-state index contributed by atoms with van der Waals surface area (Å²) >= 11 is 1.63. The van der Waals surface area contributed by atoms with Crippen molar-refractivity contribution in [1.82, 2.24) is 29.8 Å². The average Bonchev–Trinajstić information content (AvgIpc) is 3.47. The smallest absolute Gasteiger partial charge is 0.318 e. The number of anilines is 1. The van der Waals surface area contributed by atoms with Gasteiger partial charge in [0.1, 0.15) is 0 Å². The van der Waals surface area contributed by atoms with Crippen LogP contribution in [-0.4, -0.2) is 62.7 Å². The predicted octanol–water partition coefficient (Wildman–Crippen LogP) is 3.41. The molecule has 4 aromatic rings. The maximum Gasteiger partial charge on any atom is 0.318 e. The fourth-order valence-electron chi connectivity index (χ4n) is 4.05. The van der Waals surface area contributed by atoms with Gasteiger partial charge in [-0.05, 0) is 30.5 Å². The van der Waals surface area contributed by atoms with Gasteiger partial charge >= 0.3 is 6.03 Å². The topological polar surface area (TPSA) is 78.7 Å². The van der Waals surface area contributed by atoms with E-state index in [9.17, 15) is 4.79 Å². The molecule has 1 fully saturated rings. The van der Waals surface area contributed by atoms with Crippen LogP contribution < -0.4 is 10.2 Å². The molecule has 1 saturated heterocycles. The van der Waals surface area contributed by atoms with E-state index in [1.165, 1.54) is 0 Å². The van der Waals surface area contributed by atoms with Crippen molar-refractivity contribution in [3.63, 3.8) is 0 Å². The summed E-state index contributed by atoms with van der Waals surface area (Å²) in [6.45, 7) is 8.14. The first-order chi connectivity index (χ1) is 15.2. The van der Waals surface area contributed by atoms with E-state index in [2.05, 4.69) is 33.9 Å². The highest BCUT2D eigenvalue weighted by Gasteiger charge is 2.30. The van der Waals surface area contributed by atoms with Gasteiger partial charge in [0.25, 0.3) is 0 Å². The first kappa shape index (κ1) is 19.5. The highest BCUT2D eigenvalue weighted by atomic mass is 32.1. The van der Waals surface area contributed by atoms with E-state index in [1.807, 2.05) is 51.1 Å². The van der Waals surface area contributed by atoms with Gasteiger partial charge in [0.15, 0.2) is 11.5 Å². The highest BCUT2D eigenvalue weighted by molar-refractivity contribution is 7.13. The van der Waals surface area contributed by atoms with Crippen LogP contribution in [0, 0.1) is 0 Å². The van der Waals surface area contributed by atoms with Crippen molar-refractivity contribution in [3.05, 3.63) is 54.4 Å². The maximum absolute atomic E-state index is 12.5. The average molecular weight is 434 g/mol. The summed E-state index contributed by atoms with van der Waals surface area (Å²) in [4.78, 5) is 22.6. The summed E-state index contributed by atoms with van der Waals surface area (Å²) in [5.41, 5.74) is 1.68. The molecule has 1 aliphatic heterocycles. The molecule has 0 spiro atoms. The zero-order chi connectivity index (χ0) is 21.4. The minimum absolute atomic E-state index is 0.0311. The van der Waals surface area contributed by atoms with Gasteiger partial charge in [-0.3, -0.25) is 0 Å². The number of para-hydroxylation sites is 1. The minimum Gasteiger partial charge on any atom is -0.338 e. The fraction of sp³-hybridized carbons (Fsp3) is 0.273. The van der Waals surface area contributed by atoms with Crippen molar-refractivity contribution >= 4 is 39.9 Å².